The van der Waals surface area contributed by atoms with Crippen LogP contribution in [-0.4, -0.2) is 76.9 Å². The van der Waals surface area contributed by atoms with Crippen LogP contribution in [0.1, 0.15) is 48.8 Å². The number of hydrogen-bond donors (Lipinski definition) is 1. The van der Waals surface area contributed by atoms with Gasteiger partial charge in [-0.2, -0.15) is 18.2 Å². The summed E-state index contributed by atoms with van der Waals surface area (Å²) in [6.07, 6.45) is 1.13. The molecule has 2 atom stereocenters. The van der Waals surface area contributed by atoms with Gasteiger partial charge in [0.15, 0.2) is 6.67 Å². The third-order valence-electron chi connectivity index (χ3n) is 8.03. The average Bonchev–Trinajstić information content (AvgIpc) is 3.42. The van der Waals surface area contributed by atoms with Crippen LogP contribution in [0.25, 0.3) is 11.2 Å². The van der Waals surface area contributed by atoms with Crippen LogP contribution in [0, 0.1) is 5.92 Å². The molecule has 2 aliphatic heterocycles. The predicted octanol–water partition coefficient (Wildman–Crippen LogP) is 3.91. The van der Waals surface area contributed by atoms with Crippen LogP contribution in [0.3, 0.4) is 0 Å². The first-order chi connectivity index (χ1) is 19.1. The van der Waals surface area contributed by atoms with E-state index >= 15 is 0 Å². The summed E-state index contributed by atoms with van der Waals surface area (Å²) in [6.45, 7) is 5.42. The monoisotopic (exact) mass is 559 g/mol. The highest BCUT2D eigenvalue weighted by Crippen LogP contribution is 2.34. The number of alkyl halides is 3. The quantitative estimate of drug-likeness (QED) is 0.425. The molecule has 1 aromatic carbocycles. The summed E-state index contributed by atoms with van der Waals surface area (Å²) in [6, 6.07) is 8.67. The highest BCUT2D eigenvalue weighted by Gasteiger charge is 2.36. The van der Waals surface area contributed by atoms with Crippen LogP contribution in [-0.2, 0) is 17.5 Å². The van der Waals surface area contributed by atoms with Crippen molar-refractivity contribution < 1.29 is 22.5 Å². The van der Waals surface area contributed by atoms with Gasteiger partial charge in [0.05, 0.1) is 36.8 Å². The van der Waals surface area contributed by atoms with Crippen molar-refractivity contribution in [2.45, 2.75) is 44.8 Å². The molecule has 8 nitrogen and oxygen atoms in total. The molecule has 0 radical (unpaired) electrons. The van der Waals surface area contributed by atoms with E-state index in [0.717, 1.165) is 41.7 Å². The Kier molecular flexibility index (Phi) is 8.08. The molecule has 0 bridgehead atoms. The summed E-state index contributed by atoms with van der Waals surface area (Å²) in [5.41, 5.74) is 3.77. The zero-order chi connectivity index (χ0) is 28.6. The van der Waals surface area contributed by atoms with Gasteiger partial charge in [0.2, 0.25) is 0 Å². The second kappa shape index (κ2) is 11.4. The average molecular weight is 560 g/mol. The van der Waals surface area contributed by atoms with Crippen LogP contribution in [0.5, 0.6) is 0 Å². The molecule has 1 fully saturated rings. The normalized spacial score (nSPS) is 19.7. The Labute approximate surface area is 232 Å². The Hall–Kier alpha value is -3.15. The van der Waals surface area contributed by atoms with E-state index in [9.17, 15) is 18.0 Å². The number of amidine groups is 1. The van der Waals surface area contributed by atoms with Gasteiger partial charge in [-0.05, 0) is 61.1 Å². The van der Waals surface area contributed by atoms with Gasteiger partial charge in [-0.1, -0.05) is 19.1 Å². The Morgan fingerprint density at radius 2 is 2.02 bits per heavy atom. The zero-order valence-corrected chi connectivity index (χ0v) is 23.5. The van der Waals surface area contributed by atoms with E-state index in [4.69, 9.17) is 4.74 Å². The van der Waals surface area contributed by atoms with Gasteiger partial charge in [0, 0.05) is 39.2 Å². The largest absolute Gasteiger partial charge is 0.418 e. The van der Waals surface area contributed by atoms with Crippen LogP contribution in [0.4, 0.5) is 13.2 Å². The number of nitrogens with zero attached hydrogens (tertiary/aromatic N) is 5. The summed E-state index contributed by atoms with van der Waals surface area (Å²) < 4.78 is 52.7. The van der Waals surface area contributed by atoms with Gasteiger partial charge >= 0.3 is 11.9 Å². The minimum atomic E-state index is -4.59. The first-order valence-electron chi connectivity index (χ1n) is 13.8. The predicted molar refractivity (Wildman–Crippen MR) is 148 cm³/mol. The summed E-state index contributed by atoms with van der Waals surface area (Å²) >= 11 is 0. The molecule has 1 N–H and O–H groups in total. The molecule has 216 valence electrons. The topological polar surface area (TPSA) is 57.2 Å². The van der Waals surface area contributed by atoms with E-state index in [2.05, 4.69) is 21.8 Å². The van der Waals surface area contributed by atoms with E-state index in [-0.39, 0.29) is 11.4 Å². The Bertz CT molecular complexity index is 1460. The highest BCUT2D eigenvalue weighted by molar-refractivity contribution is 5.85. The van der Waals surface area contributed by atoms with Crippen molar-refractivity contribution in [2.75, 3.05) is 47.6 Å². The molecule has 3 aromatic rings. The SMILES string of the molecule is COCC[C@@H](C1=[N+](C)CNN1C)c1cccc(-n2cc3c(C(F)(F)F)cc(CN4CCC[C@H](C)C4)cn3c2=O)c1. The summed E-state index contributed by atoms with van der Waals surface area (Å²) in [5.74, 6) is 1.52. The second-order valence-corrected chi connectivity index (χ2v) is 11.1. The fourth-order valence-corrected chi connectivity index (χ4v) is 6.13. The summed E-state index contributed by atoms with van der Waals surface area (Å²) in [4.78, 5) is 15.8. The molecule has 4 heterocycles. The standard InChI is InChI=1S/C29H38F3N6O2/c1-20-7-6-11-36(15-20)16-21-13-25(29(30,31)32)26-18-37(28(39)38(26)17-21)23-9-5-8-22(14-23)24(10-12-40-4)27-34(2)19-33-35(27)3/h5,8-9,13-14,17-18,20,24,33H,6-7,10-12,15-16,19H2,1-4H3/q+1/t20-,24+/m0/s1. The maximum Gasteiger partial charge on any atom is 0.418 e. The van der Waals surface area contributed by atoms with Crippen molar-refractivity contribution in [1.29, 1.82) is 0 Å². The molecule has 2 aliphatic rings. The molecule has 0 saturated carbocycles. The number of rotatable bonds is 8. The molecular weight excluding hydrogens is 521 g/mol. The Morgan fingerprint density at radius 3 is 2.70 bits per heavy atom. The van der Waals surface area contributed by atoms with Crippen molar-refractivity contribution in [3.8, 4) is 5.69 Å². The number of piperidine rings is 1. The number of benzene rings is 1. The van der Waals surface area contributed by atoms with E-state index in [1.54, 1.807) is 19.4 Å². The molecule has 5 rings (SSSR count). The van der Waals surface area contributed by atoms with Crippen molar-refractivity contribution in [3.05, 3.63) is 69.9 Å². The summed E-state index contributed by atoms with van der Waals surface area (Å²) in [7, 11) is 5.61. The number of hydrogen-bond acceptors (Lipinski definition) is 5. The lowest BCUT2D eigenvalue weighted by atomic mass is 9.93. The van der Waals surface area contributed by atoms with Crippen molar-refractivity contribution in [2.24, 2.45) is 5.92 Å². The third kappa shape index (κ3) is 5.68. The number of fused-ring (bicyclic) bond motifs is 1. The molecule has 2 aromatic heterocycles. The van der Waals surface area contributed by atoms with Crippen LogP contribution in [0.2, 0.25) is 0 Å². The lowest BCUT2D eigenvalue weighted by Gasteiger charge is -2.31. The molecule has 40 heavy (non-hydrogen) atoms. The van der Waals surface area contributed by atoms with Gasteiger partial charge in [0.1, 0.15) is 0 Å². The van der Waals surface area contributed by atoms with Gasteiger partial charge in [-0.3, -0.25) is 13.9 Å². The summed E-state index contributed by atoms with van der Waals surface area (Å²) in [5, 5.41) is 1.98. The van der Waals surface area contributed by atoms with Gasteiger partial charge in [-0.15, -0.1) is 5.43 Å². The lowest BCUT2D eigenvalue weighted by Crippen LogP contribution is -2.37. The number of imidazole rings is 1. The number of ether oxygens (including phenoxy) is 1. The number of pyridine rings is 1. The van der Waals surface area contributed by atoms with Gasteiger partial charge in [-0.25, -0.2) is 9.37 Å². The van der Waals surface area contributed by atoms with E-state index in [0.29, 0.717) is 43.4 Å². The van der Waals surface area contributed by atoms with E-state index in [1.807, 2.05) is 37.3 Å². The molecular formula is C29H38F3N6O2+. The number of methoxy groups -OCH3 is 1. The van der Waals surface area contributed by atoms with E-state index in [1.165, 1.54) is 16.8 Å². The molecule has 11 heteroatoms. The maximum absolute atomic E-state index is 14.2. The second-order valence-electron chi connectivity index (χ2n) is 11.1. The zero-order valence-electron chi connectivity index (χ0n) is 23.5. The fraction of sp³-hybridized carbons (Fsp3) is 0.517. The van der Waals surface area contributed by atoms with E-state index < -0.39 is 17.4 Å². The number of hydrazine groups is 1. The first-order valence-corrected chi connectivity index (χ1v) is 13.8. The Balaban J connectivity index is 1.57. The number of likely N-dealkylation sites (N-methyl/N-ethyl adjacent to an activating group) is 1. The Morgan fingerprint density at radius 1 is 1.23 bits per heavy atom. The molecule has 1 saturated heterocycles. The number of nitrogens with one attached hydrogen (secondary N) is 1. The maximum atomic E-state index is 14.2. The third-order valence-corrected chi connectivity index (χ3v) is 8.03. The molecule has 0 aliphatic carbocycles. The minimum absolute atomic E-state index is 0.0399. The minimum Gasteiger partial charge on any atom is -0.385 e. The molecule has 0 amide bonds. The fourth-order valence-electron chi connectivity index (χ4n) is 6.13. The van der Waals surface area contributed by atoms with Gasteiger partial charge < -0.3 is 4.74 Å². The number of likely N-dealkylation sites (tertiary alicyclic amines) is 1. The first kappa shape index (κ1) is 28.4. The van der Waals surface area contributed by atoms with Crippen molar-refractivity contribution in [1.82, 2.24) is 24.3 Å². The molecule has 0 unspecified atom stereocenters. The van der Waals surface area contributed by atoms with Crippen molar-refractivity contribution in [3.63, 3.8) is 0 Å². The van der Waals surface area contributed by atoms with Crippen LogP contribution in [0.15, 0.2) is 47.5 Å². The molecule has 0 spiro atoms. The van der Waals surface area contributed by atoms with Crippen LogP contribution >= 0.6 is 0 Å². The number of halogens is 3. The van der Waals surface area contributed by atoms with Gasteiger partial charge in [0.25, 0.3) is 5.84 Å². The van der Waals surface area contributed by atoms with Crippen molar-refractivity contribution >= 4 is 11.4 Å². The number of aromatic nitrogens is 2. The highest BCUT2D eigenvalue weighted by atomic mass is 19.4. The van der Waals surface area contributed by atoms with Crippen LogP contribution < -0.4 is 11.1 Å². The lowest BCUT2D eigenvalue weighted by molar-refractivity contribution is -0.494. The smallest absolute Gasteiger partial charge is 0.385 e.